The molecule has 0 saturated carbocycles. The Labute approximate surface area is 128 Å². The van der Waals surface area contributed by atoms with Gasteiger partial charge in [0.05, 0.1) is 0 Å². The normalized spacial score (nSPS) is 16.8. The minimum absolute atomic E-state index is 0.269. The summed E-state index contributed by atoms with van der Waals surface area (Å²) >= 11 is 1.79. The zero-order valence-electron chi connectivity index (χ0n) is 11.4. The van der Waals surface area contributed by atoms with Crippen molar-refractivity contribution in [2.45, 2.75) is 5.92 Å². The van der Waals surface area contributed by atoms with Crippen LogP contribution in [0.5, 0.6) is 5.75 Å². The fraction of sp³-hybridized carbons (Fsp3) is 0.0526. The molecule has 102 valence electrons. The number of benzene rings is 2. The third kappa shape index (κ3) is 2.28. The van der Waals surface area contributed by atoms with E-state index in [4.69, 9.17) is 4.74 Å². The summed E-state index contributed by atoms with van der Waals surface area (Å²) in [5, 5.41) is 2.13. The molecule has 0 bridgehead atoms. The van der Waals surface area contributed by atoms with Gasteiger partial charge < -0.3 is 4.74 Å². The van der Waals surface area contributed by atoms with Crippen molar-refractivity contribution in [2.75, 3.05) is 0 Å². The summed E-state index contributed by atoms with van der Waals surface area (Å²) in [5.74, 6) is 2.16. The molecule has 2 heteroatoms. The molecule has 1 aliphatic rings. The van der Waals surface area contributed by atoms with Gasteiger partial charge in [-0.3, -0.25) is 0 Å². The number of thiophene rings is 1. The number of rotatable bonds is 2. The first-order valence-electron chi connectivity index (χ1n) is 6.99. The average Bonchev–Trinajstić information content (AvgIpc) is 3.09. The molecule has 0 N–H and O–H groups in total. The zero-order valence-corrected chi connectivity index (χ0v) is 12.2. The van der Waals surface area contributed by atoms with Gasteiger partial charge in [0.15, 0.2) is 0 Å². The maximum Gasteiger partial charge on any atom is 0.131 e. The first-order valence-corrected chi connectivity index (χ1v) is 7.87. The number of allylic oxidation sites excluding steroid dienone is 1. The van der Waals surface area contributed by atoms with Gasteiger partial charge in [0.25, 0.3) is 0 Å². The van der Waals surface area contributed by atoms with Crippen molar-refractivity contribution in [2.24, 2.45) is 0 Å². The minimum atomic E-state index is 0.269. The first-order chi connectivity index (χ1) is 10.4. The molecule has 2 heterocycles. The van der Waals surface area contributed by atoms with Gasteiger partial charge in [0.1, 0.15) is 11.5 Å². The summed E-state index contributed by atoms with van der Waals surface area (Å²) in [4.78, 5) is 1.35. The van der Waals surface area contributed by atoms with Crippen LogP contribution in [-0.4, -0.2) is 0 Å². The molecule has 2 aromatic carbocycles. The molecule has 1 nitrogen and oxygen atoms in total. The summed E-state index contributed by atoms with van der Waals surface area (Å²) in [6.45, 7) is 0. The average molecular weight is 290 g/mol. The molecule has 4 rings (SSSR count). The Hall–Kier alpha value is -2.32. The first kappa shape index (κ1) is 12.4. The summed E-state index contributed by atoms with van der Waals surface area (Å²) < 4.78 is 6.11. The van der Waals surface area contributed by atoms with Gasteiger partial charge in [0, 0.05) is 21.9 Å². The van der Waals surface area contributed by atoms with E-state index in [-0.39, 0.29) is 5.92 Å². The fourth-order valence-electron chi connectivity index (χ4n) is 2.69. The predicted molar refractivity (Wildman–Crippen MR) is 87.7 cm³/mol. The van der Waals surface area contributed by atoms with E-state index in [2.05, 4.69) is 47.9 Å². The standard InChI is InChI=1S/C19H14OS/c1-2-7-14(8-3-1)18-13-16(19-11-6-12-21-19)15-9-4-5-10-17(15)20-18/h1-13,16H/t16-/m0/s1. The van der Waals surface area contributed by atoms with E-state index in [9.17, 15) is 0 Å². The third-order valence-electron chi connectivity index (χ3n) is 3.70. The SMILES string of the molecule is C1=C(c2ccccc2)Oc2ccccc2[C@H]1c1cccs1. The van der Waals surface area contributed by atoms with Crippen molar-refractivity contribution in [1.82, 2.24) is 0 Å². The monoisotopic (exact) mass is 290 g/mol. The molecular formula is C19H14OS. The molecule has 1 aliphatic heterocycles. The quantitative estimate of drug-likeness (QED) is 0.621. The number of para-hydroxylation sites is 1. The molecule has 0 amide bonds. The number of hydrogen-bond donors (Lipinski definition) is 0. The van der Waals surface area contributed by atoms with Gasteiger partial charge >= 0.3 is 0 Å². The summed E-state index contributed by atoms with van der Waals surface area (Å²) in [5.41, 5.74) is 2.35. The highest BCUT2D eigenvalue weighted by Crippen LogP contribution is 2.41. The van der Waals surface area contributed by atoms with Crippen molar-refractivity contribution in [3.05, 3.63) is 94.2 Å². The second-order valence-corrected chi connectivity index (χ2v) is 6.01. The van der Waals surface area contributed by atoms with Crippen LogP contribution in [0.1, 0.15) is 21.9 Å². The molecule has 21 heavy (non-hydrogen) atoms. The van der Waals surface area contributed by atoms with Crippen molar-refractivity contribution < 1.29 is 4.74 Å². The van der Waals surface area contributed by atoms with E-state index >= 15 is 0 Å². The Balaban J connectivity index is 1.85. The van der Waals surface area contributed by atoms with Crippen LogP contribution in [0.2, 0.25) is 0 Å². The summed E-state index contributed by atoms with van der Waals surface area (Å²) in [7, 11) is 0. The Morgan fingerprint density at radius 3 is 2.43 bits per heavy atom. The molecule has 0 radical (unpaired) electrons. The number of hydrogen-bond acceptors (Lipinski definition) is 2. The van der Waals surface area contributed by atoms with Crippen LogP contribution in [0.15, 0.2) is 78.2 Å². The number of ether oxygens (including phenoxy) is 1. The number of fused-ring (bicyclic) bond motifs is 1. The fourth-order valence-corrected chi connectivity index (χ4v) is 3.50. The molecule has 1 aromatic heterocycles. The van der Waals surface area contributed by atoms with Gasteiger partial charge in [-0.2, -0.15) is 0 Å². The Morgan fingerprint density at radius 1 is 0.810 bits per heavy atom. The van der Waals surface area contributed by atoms with Crippen molar-refractivity contribution >= 4 is 17.1 Å². The highest BCUT2D eigenvalue weighted by molar-refractivity contribution is 7.10. The van der Waals surface area contributed by atoms with Crippen LogP contribution in [-0.2, 0) is 0 Å². The lowest BCUT2D eigenvalue weighted by atomic mass is 9.92. The highest BCUT2D eigenvalue weighted by atomic mass is 32.1. The van der Waals surface area contributed by atoms with E-state index in [0.29, 0.717) is 0 Å². The van der Waals surface area contributed by atoms with Crippen LogP contribution in [0, 0.1) is 0 Å². The predicted octanol–water partition coefficient (Wildman–Crippen LogP) is 5.31. The van der Waals surface area contributed by atoms with Gasteiger partial charge in [-0.15, -0.1) is 11.3 Å². The Bertz CT molecular complexity index is 772. The molecule has 1 atom stereocenters. The van der Waals surface area contributed by atoms with Crippen molar-refractivity contribution in [3.8, 4) is 5.75 Å². The topological polar surface area (TPSA) is 9.23 Å². The van der Waals surface area contributed by atoms with Crippen LogP contribution in [0.3, 0.4) is 0 Å². The second kappa shape index (κ2) is 5.23. The third-order valence-corrected chi connectivity index (χ3v) is 4.66. The van der Waals surface area contributed by atoms with Gasteiger partial charge in [-0.25, -0.2) is 0 Å². The highest BCUT2D eigenvalue weighted by Gasteiger charge is 2.24. The van der Waals surface area contributed by atoms with E-state index < -0.39 is 0 Å². The summed E-state index contributed by atoms with van der Waals surface area (Å²) in [6.07, 6.45) is 2.23. The Morgan fingerprint density at radius 2 is 1.62 bits per heavy atom. The second-order valence-electron chi connectivity index (χ2n) is 5.03. The smallest absolute Gasteiger partial charge is 0.131 e. The van der Waals surface area contributed by atoms with Crippen molar-refractivity contribution in [3.63, 3.8) is 0 Å². The zero-order chi connectivity index (χ0) is 14.1. The van der Waals surface area contributed by atoms with E-state index in [1.165, 1.54) is 10.4 Å². The lowest BCUT2D eigenvalue weighted by molar-refractivity contribution is 0.493. The maximum atomic E-state index is 6.11. The van der Waals surface area contributed by atoms with E-state index in [0.717, 1.165) is 17.1 Å². The maximum absolute atomic E-state index is 6.11. The molecule has 0 saturated heterocycles. The molecule has 0 unspecified atom stereocenters. The van der Waals surface area contributed by atoms with Gasteiger partial charge in [-0.1, -0.05) is 54.6 Å². The van der Waals surface area contributed by atoms with Crippen LogP contribution < -0.4 is 4.74 Å². The van der Waals surface area contributed by atoms with E-state index in [1.54, 1.807) is 11.3 Å². The van der Waals surface area contributed by atoms with Crippen LogP contribution >= 0.6 is 11.3 Å². The van der Waals surface area contributed by atoms with Crippen molar-refractivity contribution in [1.29, 1.82) is 0 Å². The largest absolute Gasteiger partial charge is 0.457 e. The molecule has 0 aliphatic carbocycles. The molecule has 0 fully saturated rings. The van der Waals surface area contributed by atoms with Crippen LogP contribution in [0.4, 0.5) is 0 Å². The van der Waals surface area contributed by atoms with Gasteiger partial charge in [0.2, 0.25) is 0 Å². The minimum Gasteiger partial charge on any atom is -0.457 e. The summed E-state index contributed by atoms with van der Waals surface area (Å²) in [6, 6.07) is 22.9. The lowest BCUT2D eigenvalue weighted by Crippen LogP contribution is -2.09. The molecular weight excluding hydrogens is 276 g/mol. The Kier molecular flexibility index (Phi) is 3.09. The van der Waals surface area contributed by atoms with Crippen LogP contribution in [0.25, 0.3) is 5.76 Å². The van der Waals surface area contributed by atoms with Gasteiger partial charge in [-0.05, 0) is 23.6 Å². The molecule has 3 aromatic rings. The lowest BCUT2D eigenvalue weighted by Gasteiger charge is -2.24. The molecule has 0 spiro atoms. The van der Waals surface area contributed by atoms with E-state index in [1.807, 2.05) is 30.3 Å².